The lowest BCUT2D eigenvalue weighted by Crippen LogP contribution is -1.63. The molecule has 44 valence electrons. The second kappa shape index (κ2) is 9.56. The maximum absolute atomic E-state index is 9.09. The minimum atomic E-state index is -1.67. The van der Waals surface area contributed by atoms with Crippen molar-refractivity contribution in [3.05, 3.63) is 4.91 Å². The fraction of sp³-hybridized carbons (Fsp3) is 0. The third-order valence-electron chi connectivity index (χ3n) is 0. The molecule has 1 N–H and O–H groups in total. The van der Waals surface area contributed by atoms with E-state index in [0.29, 0.717) is 0 Å². The molecule has 0 saturated carbocycles. The summed E-state index contributed by atoms with van der Waals surface area (Å²) in [7, 11) is 7.36. The fourth-order valence-corrected chi connectivity index (χ4v) is 0. The van der Waals surface area contributed by atoms with Gasteiger partial charge in [0.1, 0.15) is 0 Å². The van der Waals surface area contributed by atoms with Gasteiger partial charge in [-0.15, -0.1) is 4.91 Å². The van der Waals surface area contributed by atoms with E-state index in [4.69, 9.17) is 14.7 Å². The number of hydrogen-bond donors (Lipinski definition) is 1. The molecule has 0 unspecified atom stereocenters. The van der Waals surface area contributed by atoms with Crippen molar-refractivity contribution in [3.63, 3.8) is 0 Å². The quantitative estimate of drug-likeness (QED) is 0.333. The Morgan fingerprint density at radius 2 is 1.71 bits per heavy atom. The average Bonchev–Trinajstić information content (AvgIpc) is 1.33. The van der Waals surface area contributed by atoms with Crippen LogP contribution in [0.3, 0.4) is 0 Å². The molecule has 0 aromatic rings. The van der Waals surface area contributed by atoms with Crippen LogP contribution < -0.4 is 0 Å². The van der Waals surface area contributed by atoms with Gasteiger partial charge in [-0.1, -0.05) is 0 Å². The molecule has 0 aliphatic heterocycles. The molecule has 0 fully saturated rings. The average molecular weight is 166 g/mol. The minimum Gasteiger partial charge on any atom is -0.582 e. The van der Waals surface area contributed by atoms with Crippen molar-refractivity contribution in [2.24, 2.45) is 5.34 Å². The molecule has 0 spiro atoms. The van der Waals surface area contributed by atoms with Gasteiger partial charge in [-0.2, -0.15) is 0 Å². The summed E-state index contributed by atoms with van der Waals surface area (Å²) in [5.41, 5.74) is 0. The van der Waals surface area contributed by atoms with Crippen molar-refractivity contribution in [1.29, 1.82) is 0 Å². The Morgan fingerprint density at radius 1 is 1.71 bits per heavy atom. The second-order valence-electron chi connectivity index (χ2n) is 0.266. The highest BCUT2D eigenvalue weighted by atomic mass is 36.0. The summed E-state index contributed by atoms with van der Waals surface area (Å²) in [4.78, 5) is 8.11. The van der Waals surface area contributed by atoms with Crippen LogP contribution in [0.15, 0.2) is 5.34 Å². The predicted molar refractivity (Wildman–Crippen MR) is 27.4 cm³/mol. The zero-order valence-electron chi connectivity index (χ0n) is 2.88. The Labute approximate surface area is 51.5 Å². The van der Waals surface area contributed by atoms with Gasteiger partial charge in [0, 0.05) is 0 Å². The smallest absolute Gasteiger partial charge is 0.198 e. The lowest BCUT2D eigenvalue weighted by Gasteiger charge is -1.73. The van der Waals surface area contributed by atoms with Crippen LogP contribution >= 0.6 is 21.4 Å². The molecule has 0 radical (unpaired) electrons. The van der Waals surface area contributed by atoms with Gasteiger partial charge < -0.3 is 9.76 Å². The van der Waals surface area contributed by atoms with Crippen molar-refractivity contribution in [2.45, 2.75) is 0 Å². The monoisotopic (exact) mass is 165 g/mol. The van der Waals surface area contributed by atoms with Crippen LogP contribution in [-0.2, 0) is 9.60 Å². The molecule has 0 bridgehead atoms. The highest BCUT2D eigenvalue weighted by Gasteiger charge is 1.83. The van der Waals surface area contributed by atoms with Crippen LogP contribution in [0.4, 0.5) is 0 Å². The van der Waals surface area contributed by atoms with Gasteiger partial charge in [-0.25, -0.2) is 0 Å². The van der Waals surface area contributed by atoms with Gasteiger partial charge in [-0.05, 0) is 0 Å². The van der Waals surface area contributed by atoms with Crippen molar-refractivity contribution in [1.82, 2.24) is 0 Å². The molecule has 0 aromatic heterocycles. The molecular formula is HCl2NO3S. The first-order valence-electron chi connectivity index (χ1n) is 0.858. The SMILES string of the molecule is O=NO.[O-][S+](Cl)Cl. The first-order valence-corrected chi connectivity index (χ1v) is 3.66. The minimum absolute atomic E-state index is 1.25. The molecule has 0 aliphatic carbocycles. The summed E-state index contributed by atoms with van der Waals surface area (Å²) in [5, 5.41) is 7.89. The number of rotatable bonds is 0. The maximum atomic E-state index is 9.09. The zero-order chi connectivity index (χ0) is 6.28. The predicted octanol–water partition coefficient (Wildman–Crippen LogP) is 1.18. The molecule has 7 heteroatoms. The summed E-state index contributed by atoms with van der Waals surface area (Å²) in [6.07, 6.45) is 0. The number of hydrogen-bond acceptors (Lipinski definition) is 3. The summed E-state index contributed by atoms with van der Waals surface area (Å²) in [5.74, 6) is 0. The molecule has 0 saturated heterocycles. The van der Waals surface area contributed by atoms with E-state index in [1.54, 1.807) is 0 Å². The Hall–Kier alpha value is 0.290. The van der Waals surface area contributed by atoms with E-state index in [-0.39, 0.29) is 0 Å². The van der Waals surface area contributed by atoms with Crippen LogP contribution in [0, 0.1) is 4.91 Å². The number of nitrogens with zero attached hydrogens (tertiary/aromatic N) is 1. The van der Waals surface area contributed by atoms with Gasteiger partial charge in [0.15, 0.2) is 36.3 Å². The molecule has 0 aliphatic rings. The van der Waals surface area contributed by atoms with Crippen molar-refractivity contribution >= 4 is 31.0 Å². The first-order chi connectivity index (χ1) is 3.15. The van der Waals surface area contributed by atoms with Gasteiger partial charge in [0.25, 0.3) is 0 Å². The Kier molecular flexibility index (Phi) is 14.1. The fourth-order valence-electron chi connectivity index (χ4n) is 0. The highest BCUT2D eigenvalue weighted by Crippen LogP contribution is 1.98. The second-order valence-corrected chi connectivity index (χ2v) is 2.79. The molecule has 0 heterocycles. The van der Waals surface area contributed by atoms with Crippen molar-refractivity contribution in [2.75, 3.05) is 0 Å². The van der Waals surface area contributed by atoms with E-state index in [1.807, 2.05) is 0 Å². The summed E-state index contributed by atoms with van der Waals surface area (Å²) >= 11 is 0. The summed E-state index contributed by atoms with van der Waals surface area (Å²) in [6.45, 7) is 0. The van der Waals surface area contributed by atoms with Gasteiger partial charge in [0.05, 0.1) is 0 Å². The molecule has 0 aromatic carbocycles. The summed E-state index contributed by atoms with van der Waals surface area (Å²) < 4.78 is 9.09. The Bertz CT molecular complexity index is 37.2. The van der Waals surface area contributed by atoms with E-state index in [2.05, 4.69) is 21.4 Å². The van der Waals surface area contributed by atoms with Crippen LogP contribution in [0.2, 0.25) is 0 Å². The molecule has 0 amide bonds. The lowest BCUT2D eigenvalue weighted by molar-refractivity contribution is 0.312. The molecule has 4 nitrogen and oxygen atoms in total. The van der Waals surface area contributed by atoms with E-state index < -0.39 is 9.60 Å². The van der Waals surface area contributed by atoms with Crippen LogP contribution in [0.1, 0.15) is 0 Å². The van der Waals surface area contributed by atoms with Gasteiger partial charge >= 0.3 is 0 Å². The first kappa shape index (κ1) is 10.3. The lowest BCUT2D eigenvalue weighted by atomic mass is 13.4. The van der Waals surface area contributed by atoms with Crippen molar-refractivity contribution in [3.8, 4) is 0 Å². The van der Waals surface area contributed by atoms with Crippen LogP contribution in [-0.4, -0.2) is 9.76 Å². The summed E-state index contributed by atoms with van der Waals surface area (Å²) in [6, 6.07) is 0. The Balaban J connectivity index is 0. The van der Waals surface area contributed by atoms with Crippen molar-refractivity contribution < 1.29 is 9.76 Å². The zero-order valence-corrected chi connectivity index (χ0v) is 5.20. The van der Waals surface area contributed by atoms with E-state index in [0.717, 1.165) is 0 Å². The third kappa shape index (κ3) is 1380. The molecule has 7 heavy (non-hydrogen) atoms. The topological polar surface area (TPSA) is 72.7 Å². The van der Waals surface area contributed by atoms with E-state index >= 15 is 0 Å². The molecule has 0 rings (SSSR count). The molecular weight excluding hydrogens is 165 g/mol. The van der Waals surface area contributed by atoms with Crippen LogP contribution in [0.25, 0.3) is 0 Å². The van der Waals surface area contributed by atoms with Gasteiger partial charge in [-0.3, -0.25) is 0 Å². The number of halogens is 2. The Morgan fingerprint density at radius 3 is 1.71 bits per heavy atom. The largest absolute Gasteiger partial charge is 0.582 e. The highest BCUT2D eigenvalue weighted by molar-refractivity contribution is 8.31. The maximum Gasteiger partial charge on any atom is 0.198 e. The van der Waals surface area contributed by atoms with E-state index in [1.165, 1.54) is 5.34 Å². The van der Waals surface area contributed by atoms with Gasteiger partial charge in [0.2, 0.25) is 0 Å². The van der Waals surface area contributed by atoms with Crippen LogP contribution in [0.5, 0.6) is 0 Å². The standard InChI is InChI=1S/Cl2OS.HNO2/c1-4(2)3;2-1-3/h;(H,2,3). The normalized spacial score (nSPS) is 6.86. The molecule has 0 atom stereocenters. The van der Waals surface area contributed by atoms with E-state index in [9.17, 15) is 0 Å². The third-order valence-corrected chi connectivity index (χ3v) is 0.